The second-order valence-corrected chi connectivity index (χ2v) is 5.57. The summed E-state index contributed by atoms with van der Waals surface area (Å²) in [5, 5.41) is 3.41. The lowest BCUT2D eigenvalue weighted by Gasteiger charge is -2.26. The summed E-state index contributed by atoms with van der Waals surface area (Å²) in [5.41, 5.74) is 2.88. The molecule has 0 radical (unpaired) electrons. The monoisotopic (exact) mass is 245 g/mol. The summed E-state index contributed by atoms with van der Waals surface area (Å²) in [6.07, 6.45) is 7.21. The van der Waals surface area contributed by atoms with Crippen LogP contribution >= 0.6 is 0 Å². The fourth-order valence-electron chi connectivity index (χ4n) is 3.23. The zero-order chi connectivity index (χ0) is 12.2. The van der Waals surface area contributed by atoms with Crippen LogP contribution in [0.5, 0.6) is 0 Å². The summed E-state index contributed by atoms with van der Waals surface area (Å²) in [4.78, 5) is 0. The van der Waals surface area contributed by atoms with Crippen LogP contribution in [0.1, 0.15) is 55.3 Å². The second-order valence-electron chi connectivity index (χ2n) is 5.57. The van der Waals surface area contributed by atoms with E-state index >= 15 is 0 Å². The molecule has 98 valence electrons. The number of benzene rings is 1. The van der Waals surface area contributed by atoms with E-state index in [-0.39, 0.29) is 6.10 Å². The third-order valence-electron chi connectivity index (χ3n) is 4.29. The van der Waals surface area contributed by atoms with Crippen LogP contribution in [0, 0.1) is 0 Å². The van der Waals surface area contributed by atoms with Gasteiger partial charge in [0.2, 0.25) is 0 Å². The molecule has 1 aliphatic carbocycles. The van der Waals surface area contributed by atoms with E-state index in [0.717, 1.165) is 25.6 Å². The Morgan fingerprint density at radius 1 is 1.06 bits per heavy atom. The Kier molecular flexibility index (Phi) is 3.96. The van der Waals surface area contributed by atoms with Crippen molar-refractivity contribution in [2.45, 2.75) is 44.1 Å². The molecule has 1 aliphatic heterocycles. The van der Waals surface area contributed by atoms with Gasteiger partial charge < -0.3 is 10.1 Å². The molecule has 2 aliphatic rings. The van der Waals surface area contributed by atoms with Crippen molar-refractivity contribution in [1.82, 2.24) is 5.32 Å². The molecule has 1 aromatic rings. The normalized spacial score (nSPS) is 26.1. The zero-order valence-electron chi connectivity index (χ0n) is 11.0. The van der Waals surface area contributed by atoms with E-state index in [9.17, 15) is 0 Å². The smallest absolute Gasteiger partial charge is 0.0949 e. The molecular formula is C16H23NO. The maximum Gasteiger partial charge on any atom is 0.0949 e. The van der Waals surface area contributed by atoms with Gasteiger partial charge in [0, 0.05) is 13.1 Å². The quantitative estimate of drug-likeness (QED) is 0.862. The molecule has 1 unspecified atom stereocenters. The Bertz CT molecular complexity index is 345. The van der Waals surface area contributed by atoms with Gasteiger partial charge in [0.25, 0.3) is 0 Å². The van der Waals surface area contributed by atoms with Gasteiger partial charge in [-0.2, -0.15) is 0 Å². The SMILES string of the molecule is c1cc(C2CCCCC2)cc(C2CNCCO2)c1. The molecule has 0 spiro atoms. The van der Waals surface area contributed by atoms with Crippen molar-refractivity contribution in [2.24, 2.45) is 0 Å². The Morgan fingerprint density at radius 3 is 2.67 bits per heavy atom. The van der Waals surface area contributed by atoms with Crippen LogP contribution < -0.4 is 5.32 Å². The molecule has 3 rings (SSSR count). The first-order valence-electron chi connectivity index (χ1n) is 7.35. The van der Waals surface area contributed by atoms with E-state index in [1.165, 1.54) is 43.2 Å². The van der Waals surface area contributed by atoms with Crippen molar-refractivity contribution in [3.05, 3.63) is 35.4 Å². The van der Waals surface area contributed by atoms with E-state index in [4.69, 9.17) is 4.74 Å². The molecular weight excluding hydrogens is 222 g/mol. The number of hydrogen-bond donors (Lipinski definition) is 1. The van der Waals surface area contributed by atoms with Crippen LogP contribution in [-0.4, -0.2) is 19.7 Å². The van der Waals surface area contributed by atoms with Crippen LogP contribution in [0.3, 0.4) is 0 Å². The highest BCUT2D eigenvalue weighted by molar-refractivity contribution is 5.28. The van der Waals surface area contributed by atoms with E-state index in [1.54, 1.807) is 0 Å². The molecule has 1 atom stereocenters. The van der Waals surface area contributed by atoms with Crippen molar-refractivity contribution < 1.29 is 4.74 Å². The summed E-state index contributed by atoms with van der Waals surface area (Å²) < 4.78 is 5.84. The Balaban J connectivity index is 1.75. The molecule has 0 aromatic heterocycles. The lowest BCUT2D eigenvalue weighted by Crippen LogP contribution is -2.33. The minimum absolute atomic E-state index is 0.252. The molecule has 2 heteroatoms. The average molecular weight is 245 g/mol. The van der Waals surface area contributed by atoms with Gasteiger partial charge in [-0.3, -0.25) is 0 Å². The molecule has 1 N–H and O–H groups in total. The van der Waals surface area contributed by atoms with E-state index in [0.29, 0.717) is 0 Å². The Labute approximate surface area is 110 Å². The molecule has 0 amide bonds. The maximum absolute atomic E-state index is 5.84. The molecule has 0 bridgehead atoms. The summed E-state index contributed by atoms with van der Waals surface area (Å²) in [6.45, 7) is 2.77. The standard InChI is InChI=1S/C16H23NO/c1-2-5-13(6-3-1)14-7-4-8-15(11-14)16-12-17-9-10-18-16/h4,7-8,11,13,16-17H,1-3,5-6,9-10,12H2. The number of morpholine rings is 1. The van der Waals surface area contributed by atoms with Gasteiger partial charge in [0.05, 0.1) is 12.7 Å². The topological polar surface area (TPSA) is 21.3 Å². The van der Waals surface area contributed by atoms with Crippen LogP contribution in [0.15, 0.2) is 24.3 Å². The van der Waals surface area contributed by atoms with Gasteiger partial charge in [-0.15, -0.1) is 0 Å². The predicted octanol–water partition coefficient (Wildman–Crippen LogP) is 3.40. The highest BCUT2D eigenvalue weighted by Gasteiger charge is 2.19. The summed E-state index contributed by atoms with van der Waals surface area (Å²) >= 11 is 0. The third kappa shape index (κ3) is 2.76. The van der Waals surface area contributed by atoms with E-state index < -0.39 is 0 Å². The summed E-state index contributed by atoms with van der Waals surface area (Å²) in [7, 11) is 0. The van der Waals surface area contributed by atoms with Gasteiger partial charge in [0.15, 0.2) is 0 Å². The van der Waals surface area contributed by atoms with E-state index in [1.807, 2.05) is 0 Å². The molecule has 2 fully saturated rings. The first kappa shape index (κ1) is 12.2. The third-order valence-corrected chi connectivity index (χ3v) is 4.29. The zero-order valence-corrected chi connectivity index (χ0v) is 11.0. The first-order chi connectivity index (χ1) is 8.93. The van der Waals surface area contributed by atoms with Crippen LogP contribution in [0.25, 0.3) is 0 Å². The maximum atomic E-state index is 5.84. The largest absolute Gasteiger partial charge is 0.371 e. The highest BCUT2D eigenvalue weighted by Crippen LogP contribution is 2.33. The molecule has 1 aromatic carbocycles. The van der Waals surface area contributed by atoms with Gasteiger partial charge in [0.1, 0.15) is 0 Å². The summed E-state index contributed by atoms with van der Waals surface area (Å²) in [5.74, 6) is 0.787. The molecule has 1 heterocycles. The van der Waals surface area contributed by atoms with Crippen LogP contribution in [0.2, 0.25) is 0 Å². The number of ether oxygens (including phenoxy) is 1. The molecule has 1 saturated heterocycles. The number of nitrogens with one attached hydrogen (secondary N) is 1. The molecule has 2 nitrogen and oxygen atoms in total. The fraction of sp³-hybridized carbons (Fsp3) is 0.625. The lowest BCUT2D eigenvalue weighted by atomic mass is 9.83. The van der Waals surface area contributed by atoms with Crippen molar-refractivity contribution in [2.75, 3.05) is 19.7 Å². The minimum atomic E-state index is 0.252. The predicted molar refractivity (Wildman–Crippen MR) is 73.8 cm³/mol. The minimum Gasteiger partial charge on any atom is -0.371 e. The summed E-state index contributed by atoms with van der Waals surface area (Å²) in [6, 6.07) is 9.10. The number of hydrogen-bond acceptors (Lipinski definition) is 2. The van der Waals surface area contributed by atoms with Crippen molar-refractivity contribution >= 4 is 0 Å². The van der Waals surface area contributed by atoms with E-state index in [2.05, 4.69) is 29.6 Å². The fourth-order valence-corrected chi connectivity index (χ4v) is 3.23. The lowest BCUT2D eigenvalue weighted by molar-refractivity contribution is 0.0276. The molecule has 18 heavy (non-hydrogen) atoms. The van der Waals surface area contributed by atoms with Gasteiger partial charge in [-0.05, 0) is 29.9 Å². The second kappa shape index (κ2) is 5.85. The average Bonchev–Trinajstić information content (AvgIpc) is 2.49. The van der Waals surface area contributed by atoms with Crippen molar-refractivity contribution in [3.8, 4) is 0 Å². The van der Waals surface area contributed by atoms with Crippen molar-refractivity contribution in [1.29, 1.82) is 0 Å². The Morgan fingerprint density at radius 2 is 1.89 bits per heavy atom. The highest BCUT2D eigenvalue weighted by atomic mass is 16.5. The van der Waals surface area contributed by atoms with Crippen molar-refractivity contribution in [3.63, 3.8) is 0 Å². The number of rotatable bonds is 2. The van der Waals surface area contributed by atoms with Gasteiger partial charge in [-0.25, -0.2) is 0 Å². The Hall–Kier alpha value is -0.860. The van der Waals surface area contributed by atoms with Gasteiger partial charge >= 0.3 is 0 Å². The van der Waals surface area contributed by atoms with Crippen LogP contribution in [-0.2, 0) is 4.74 Å². The molecule has 1 saturated carbocycles. The van der Waals surface area contributed by atoms with Gasteiger partial charge in [-0.1, -0.05) is 43.5 Å². The first-order valence-corrected chi connectivity index (χ1v) is 7.35. The van der Waals surface area contributed by atoms with Crippen LogP contribution in [0.4, 0.5) is 0 Å².